The summed E-state index contributed by atoms with van der Waals surface area (Å²) in [5.74, 6) is -0.316. The second kappa shape index (κ2) is 5.82. The molecule has 0 fully saturated rings. The van der Waals surface area contributed by atoms with Crippen LogP contribution in [0.2, 0.25) is 5.02 Å². The number of alkyl halides is 1. The molecule has 0 nitrogen and oxygen atoms in total. The molecule has 1 atom stereocenters. The highest BCUT2D eigenvalue weighted by atomic mass is 79.9. The number of hydrogen-bond acceptors (Lipinski definition) is 0. The van der Waals surface area contributed by atoms with Crippen molar-refractivity contribution in [2.45, 2.75) is 19.2 Å². The van der Waals surface area contributed by atoms with Gasteiger partial charge in [0.15, 0.2) is 0 Å². The molecule has 0 amide bonds. The first-order chi connectivity index (χ1) is 8.91. The van der Waals surface area contributed by atoms with Gasteiger partial charge in [-0.25, -0.2) is 4.39 Å². The van der Waals surface area contributed by atoms with E-state index in [1.807, 2.05) is 25.1 Å². The normalized spacial score (nSPS) is 12.5. The molecule has 0 heterocycles. The second-order valence-electron chi connectivity index (χ2n) is 4.44. The average Bonchev–Trinajstić information content (AvgIpc) is 2.36. The Bertz CT molecular complexity index is 626. The van der Waals surface area contributed by atoms with Gasteiger partial charge in [0.2, 0.25) is 0 Å². The van der Waals surface area contributed by atoms with Crippen LogP contribution in [0.1, 0.15) is 27.6 Å². The minimum absolute atomic E-state index is 0.316. The van der Waals surface area contributed by atoms with Gasteiger partial charge in [0.1, 0.15) is 5.82 Å². The fraction of sp³-hybridized carbons (Fsp3) is 0.200. The number of benzene rings is 2. The molecule has 0 N–H and O–H groups in total. The van der Waals surface area contributed by atoms with Crippen molar-refractivity contribution in [1.82, 2.24) is 0 Å². The molecule has 100 valence electrons. The number of rotatable bonds is 2. The fourth-order valence-electron chi connectivity index (χ4n) is 1.94. The third-order valence-corrected chi connectivity index (χ3v) is 4.79. The molecule has 19 heavy (non-hydrogen) atoms. The summed E-state index contributed by atoms with van der Waals surface area (Å²) in [7, 11) is 0. The van der Waals surface area contributed by atoms with Crippen molar-refractivity contribution in [2.75, 3.05) is 0 Å². The molecule has 0 aromatic heterocycles. The van der Waals surface area contributed by atoms with Gasteiger partial charge in [-0.15, -0.1) is 11.6 Å². The largest absolute Gasteiger partial charge is 0.207 e. The van der Waals surface area contributed by atoms with Crippen LogP contribution >= 0.6 is 39.1 Å². The van der Waals surface area contributed by atoms with Crippen LogP contribution in [0.3, 0.4) is 0 Å². The molecule has 0 radical (unpaired) electrons. The van der Waals surface area contributed by atoms with Crippen molar-refractivity contribution < 1.29 is 4.39 Å². The third-order valence-electron chi connectivity index (χ3n) is 3.13. The average molecular weight is 362 g/mol. The van der Waals surface area contributed by atoms with Gasteiger partial charge in [-0.05, 0) is 54.3 Å². The monoisotopic (exact) mass is 360 g/mol. The highest BCUT2D eigenvalue weighted by molar-refractivity contribution is 9.10. The van der Waals surface area contributed by atoms with Gasteiger partial charge in [-0.3, -0.25) is 0 Å². The lowest BCUT2D eigenvalue weighted by molar-refractivity contribution is 0.618. The number of halogens is 4. The summed E-state index contributed by atoms with van der Waals surface area (Å²) in [5, 5.41) is -0.0493. The Morgan fingerprint density at radius 1 is 1.16 bits per heavy atom. The molecule has 0 spiro atoms. The number of hydrogen-bond donors (Lipinski definition) is 0. The summed E-state index contributed by atoms with van der Waals surface area (Å²) in [6.45, 7) is 3.69. The molecule has 0 aliphatic heterocycles. The van der Waals surface area contributed by atoms with Crippen LogP contribution in [-0.2, 0) is 0 Å². The second-order valence-corrected chi connectivity index (χ2v) is 6.14. The molecule has 1 unspecified atom stereocenters. The lowest BCUT2D eigenvalue weighted by Gasteiger charge is -2.16. The Morgan fingerprint density at radius 3 is 2.53 bits per heavy atom. The minimum atomic E-state index is -0.399. The summed E-state index contributed by atoms with van der Waals surface area (Å²) < 4.78 is 14.4. The van der Waals surface area contributed by atoms with Crippen molar-refractivity contribution in [3.63, 3.8) is 0 Å². The van der Waals surface area contributed by atoms with Crippen molar-refractivity contribution in [3.8, 4) is 0 Å². The minimum Gasteiger partial charge on any atom is -0.207 e. The van der Waals surface area contributed by atoms with E-state index in [9.17, 15) is 4.39 Å². The molecular formula is C15H12BrCl2F. The van der Waals surface area contributed by atoms with Crippen LogP contribution in [0.4, 0.5) is 4.39 Å². The lowest BCUT2D eigenvalue weighted by atomic mass is 9.98. The molecule has 0 aliphatic carbocycles. The third kappa shape index (κ3) is 2.96. The molecule has 0 saturated heterocycles. The predicted molar refractivity (Wildman–Crippen MR) is 82.7 cm³/mol. The van der Waals surface area contributed by atoms with Crippen molar-refractivity contribution >= 4 is 39.1 Å². The SMILES string of the molecule is Cc1cc(C(Cl)c2cccc(Br)c2C)c(Cl)cc1F. The van der Waals surface area contributed by atoms with Crippen molar-refractivity contribution in [3.05, 3.63) is 67.9 Å². The van der Waals surface area contributed by atoms with E-state index in [-0.39, 0.29) is 5.82 Å². The standard InChI is InChI=1S/C15H12BrCl2F/c1-8-6-11(13(17)7-14(8)19)15(18)10-4-3-5-12(16)9(10)2/h3-7,15H,1-2H3. The van der Waals surface area contributed by atoms with Gasteiger partial charge in [0.25, 0.3) is 0 Å². The van der Waals surface area contributed by atoms with E-state index in [0.29, 0.717) is 10.6 Å². The van der Waals surface area contributed by atoms with E-state index < -0.39 is 5.38 Å². The summed E-state index contributed by atoms with van der Waals surface area (Å²) in [6.07, 6.45) is 0. The van der Waals surface area contributed by atoms with Crippen molar-refractivity contribution in [1.29, 1.82) is 0 Å². The van der Waals surface area contributed by atoms with Gasteiger partial charge >= 0.3 is 0 Å². The fourth-order valence-corrected chi connectivity index (χ4v) is 3.05. The summed E-state index contributed by atoms with van der Waals surface area (Å²) in [6, 6.07) is 8.85. The van der Waals surface area contributed by atoms with Crippen LogP contribution in [0.15, 0.2) is 34.8 Å². The van der Waals surface area contributed by atoms with E-state index in [2.05, 4.69) is 15.9 Å². The zero-order valence-electron chi connectivity index (χ0n) is 10.5. The van der Waals surface area contributed by atoms with Crippen LogP contribution < -0.4 is 0 Å². The van der Waals surface area contributed by atoms with E-state index in [4.69, 9.17) is 23.2 Å². The lowest BCUT2D eigenvalue weighted by Crippen LogP contribution is -1.99. The number of aryl methyl sites for hydroxylation is 1. The van der Waals surface area contributed by atoms with Gasteiger partial charge in [-0.2, -0.15) is 0 Å². The van der Waals surface area contributed by atoms with Crippen LogP contribution in [0, 0.1) is 19.7 Å². The molecule has 4 heteroatoms. The van der Waals surface area contributed by atoms with E-state index in [1.54, 1.807) is 13.0 Å². The van der Waals surface area contributed by atoms with E-state index in [0.717, 1.165) is 21.2 Å². The topological polar surface area (TPSA) is 0 Å². The van der Waals surface area contributed by atoms with Gasteiger partial charge in [-0.1, -0.05) is 39.7 Å². The summed E-state index contributed by atoms with van der Waals surface area (Å²) in [5.41, 5.74) is 3.28. The van der Waals surface area contributed by atoms with E-state index in [1.165, 1.54) is 6.07 Å². The maximum atomic E-state index is 13.4. The summed E-state index contributed by atoms with van der Waals surface area (Å²) in [4.78, 5) is 0. The molecular weight excluding hydrogens is 350 g/mol. The molecule has 0 bridgehead atoms. The Labute approximate surface area is 130 Å². The first-order valence-electron chi connectivity index (χ1n) is 5.76. The first-order valence-corrected chi connectivity index (χ1v) is 7.37. The van der Waals surface area contributed by atoms with Crippen LogP contribution in [-0.4, -0.2) is 0 Å². The van der Waals surface area contributed by atoms with E-state index >= 15 is 0 Å². The maximum absolute atomic E-state index is 13.4. The zero-order valence-corrected chi connectivity index (χ0v) is 13.6. The smallest absolute Gasteiger partial charge is 0.127 e. The highest BCUT2D eigenvalue weighted by Crippen LogP contribution is 2.37. The Hall–Kier alpha value is -0.570. The Balaban J connectivity index is 2.53. The zero-order chi connectivity index (χ0) is 14.2. The highest BCUT2D eigenvalue weighted by Gasteiger charge is 2.18. The van der Waals surface area contributed by atoms with Crippen LogP contribution in [0.5, 0.6) is 0 Å². The molecule has 2 rings (SSSR count). The molecule has 2 aromatic carbocycles. The van der Waals surface area contributed by atoms with Gasteiger partial charge in [0.05, 0.1) is 5.38 Å². The Kier molecular flexibility index (Phi) is 4.54. The molecule has 2 aromatic rings. The maximum Gasteiger partial charge on any atom is 0.127 e. The van der Waals surface area contributed by atoms with Crippen molar-refractivity contribution in [2.24, 2.45) is 0 Å². The quantitative estimate of drug-likeness (QED) is 0.559. The van der Waals surface area contributed by atoms with Crippen LogP contribution in [0.25, 0.3) is 0 Å². The first kappa shape index (κ1) is 14.8. The molecule has 0 saturated carbocycles. The summed E-state index contributed by atoms with van der Waals surface area (Å²) >= 11 is 16.1. The molecule has 0 aliphatic rings. The Morgan fingerprint density at radius 2 is 1.84 bits per heavy atom. The van der Waals surface area contributed by atoms with Gasteiger partial charge < -0.3 is 0 Å². The predicted octanol–water partition coefficient (Wildman–Crippen LogP) is 6.19. The van der Waals surface area contributed by atoms with Gasteiger partial charge in [0, 0.05) is 9.50 Å².